The zero-order valence-electron chi connectivity index (χ0n) is 5.98. The van der Waals surface area contributed by atoms with Crippen molar-refractivity contribution in [2.75, 3.05) is 19.7 Å². The Kier molecular flexibility index (Phi) is 1.90. The van der Waals surface area contributed by atoms with E-state index in [1.165, 1.54) is 25.8 Å². The summed E-state index contributed by atoms with van der Waals surface area (Å²) < 4.78 is 8.06. The van der Waals surface area contributed by atoms with E-state index in [9.17, 15) is 0 Å². The summed E-state index contributed by atoms with van der Waals surface area (Å²) >= 11 is 2.38. The third kappa shape index (κ3) is 1.19. The molecule has 0 N–H and O–H groups in total. The van der Waals surface area contributed by atoms with Crippen LogP contribution >= 0.6 is 22.9 Å². The zero-order valence-corrected chi connectivity index (χ0v) is 8.13. The summed E-state index contributed by atoms with van der Waals surface area (Å²) in [5, 5.41) is 0. The maximum atomic E-state index is 5.73. The second kappa shape index (κ2) is 2.60. The molecule has 10 heavy (non-hydrogen) atoms. The van der Waals surface area contributed by atoms with E-state index in [-0.39, 0.29) is 5.60 Å². The average Bonchev–Trinajstić information content (AvgIpc) is 2.46. The van der Waals surface area contributed by atoms with Crippen LogP contribution in [0.15, 0.2) is 0 Å². The summed E-state index contributed by atoms with van der Waals surface area (Å²) in [6, 6.07) is 0. The van der Waals surface area contributed by atoms with Gasteiger partial charge in [0.25, 0.3) is 0 Å². The fourth-order valence-electron chi connectivity index (χ4n) is 1.87. The van der Waals surface area contributed by atoms with Gasteiger partial charge in [0.2, 0.25) is 0 Å². The maximum Gasteiger partial charge on any atom is 0.0830 e. The number of halogens is 1. The summed E-state index contributed by atoms with van der Waals surface area (Å²) in [6.45, 7) is 3.35. The van der Waals surface area contributed by atoms with Gasteiger partial charge in [-0.05, 0) is 19.3 Å². The highest BCUT2D eigenvalue weighted by molar-refractivity contribution is 14.1. The number of ether oxygens (including phenoxy) is 1. The predicted octanol–water partition coefficient (Wildman–Crippen LogP) is 1.59. The van der Waals surface area contributed by atoms with Gasteiger partial charge in [0.1, 0.15) is 0 Å². The minimum atomic E-state index is 0.279. The van der Waals surface area contributed by atoms with Gasteiger partial charge >= 0.3 is 0 Å². The molecule has 2 heterocycles. The van der Waals surface area contributed by atoms with Crippen LogP contribution in [0.3, 0.4) is 0 Å². The molecule has 1 atom stereocenters. The lowest BCUT2D eigenvalue weighted by atomic mass is 10.00. The Labute approximate surface area is 75.4 Å². The van der Waals surface area contributed by atoms with Gasteiger partial charge in [0, 0.05) is 42.6 Å². The molecule has 0 aromatic rings. The van der Waals surface area contributed by atoms with E-state index in [1.807, 2.05) is 0 Å². The van der Waals surface area contributed by atoms with E-state index >= 15 is 0 Å². The standard InChI is InChI=1S/C7H12INO/c8-9-4-3-7(6-9)2-1-5-10-7/h1-6H2. The summed E-state index contributed by atoms with van der Waals surface area (Å²) in [4.78, 5) is 0. The van der Waals surface area contributed by atoms with Crippen molar-refractivity contribution in [2.45, 2.75) is 24.9 Å². The van der Waals surface area contributed by atoms with E-state index in [1.54, 1.807) is 0 Å². The second-order valence-corrected chi connectivity index (χ2v) is 4.59. The number of nitrogens with zero attached hydrogens (tertiary/aromatic N) is 1. The van der Waals surface area contributed by atoms with Crippen LogP contribution in [0.1, 0.15) is 19.3 Å². The highest BCUT2D eigenvalue weighted by atomic mass is 127. The number of rotatable bonds is 0. The van der Waals surface area contributed by atoms with Crippen LogP contribution in [0.25, 0.3) is 0 Å². The molecule has 0 amide bonds. The lowest BCUT2D eigenvalue weighted by Crippen LogP contribution is -2.29. The molecule has 2 aliphatic heterocycles. The van der Waals surface area contributed by atoms with Crippen molar-refractivity contribution >= 4 is 22.9 Å². The zero-order chi connectivity index (χ0) is 7.03. The van der Waals surface area contributed by atoms with Crippen LogP contribution < -0.4 is 0 Å². The lowest BCUT2D eigenvalue weighted by Gasteiger charge is -2.20. The van der Waals surface area contributed by atoms with Crippen LogP contribution in [0.5, 0.6) is 0 Å². The van der Waals surface area contributed by atoms with Crippen molar-refractivity contribution in [3.8, 4) is 0 Å². The molecular formula is C7H12INO. The van der Waals surface area contributed by atoms with Crippen molar-refractivity contribution in [2.24, 2.45) is 0 Å². The molecule has 1 spiro atoms. The van der Waals surface area contributed by atoms with E-state index in [4.69, 9.17) is 4.74 Å². The molecule has 0 saturated carbocycles. The molecule has 58 valence electrons. The Morgan fingerprint density at radius 1 is 1.40 bits per heavy atom. The number of hydrogen-bond acceptors (Lipinski definition) is 2. The summed E-state index contributed by atoms with van der Waals surface area (Å²) in [7, 11) is 0. The van der Waals surface area contributed by atoms with Crippen LogP contribution in [-0.4, -0.2) is 28.4 Å². The molecular weight excluding hydrogens is 241 g/mol. The van der Waals surface area contributed by atoms with Crippen LogP contribution in [-0.2, 0) is 4.74 Å². The molecule has 2 rings (SSSR count). The van der Waals surface area contributed by atoms with Gasteiger partial charge in [0.15, 0.2) is 0 Å². The fourth-order valence-corrected chi connectivity index (χ4v) is 2.74. The third-order valence-corrected chi connectivity index (χ3v) is 3.28. The van der Waals surface area contributed by atoms with E-state index < -0.39 is 0 Å². The average molecular weight is 253 g/mol. The van der Waals surface area contributed by atoms with E-state index in [0.717, 1.165) is 13.2 Å². The molecule has 2 aliphatic rings. The highest BCUT2D eigenvalue weighted by Gasteiger charge is 2.40. The fraction of sp³-hybridized carbons (Fsp3) is 1.00. The Balaban J connectivity index is 2.03. The quantitative estimate of drug-likeness (QED) is 0.480. The van der Waals surface area contributed by atoms with Gasteiger partial charge in [0.05, 0.1) is 5.60 Å². The number of hydrogen-bond donors (Lipinski definition) is 0. The molecule has 0 aromatic heterocycles. The van der Waals surface area contributed by atoms with Gasteiger partial charge in [-0.1, -0.05) is 0 Å². The molecule has 0 aromatic carbocycles. The molecule has 0 radical (unpaired) electrons. The van der Waals surface area contributed by atoms with Gasteiger partial charge in [-0.25, -0.2) is 3.11 Å². The van der Waals surface area contributed by atoms with Gasteiger partial charge in [-0.15, -0.1) is 0 Å². The second-order valence-electron chi connectivity index (χ2n) is 3.23. The first-order valence-corrected chi connectivity index (χ1v) is 4.82. The Hall–Kier alpha value is 0.650. The highest BCUT2D eigenvalue weighted by Crippen LogP contribution is 2.35. The summed E-state index contributed by atoms with van der Waals surface area (Å²) in [5.41, 5.74) is 0.279. The van der Waals surface area contributed by atoms with Crippen molar-refractivity contribution in [3.05, 3.63) is 0 Å². The smallest absolute Gasteiger partial charge is 0.0830 e. The Bertz CT molecular complexity index is 134. The van der Waals surface area contributed by atoms with Crippen molar-refractivity contribution in [3.63, 3.8) is 0 Å². The van der Waals surface area contributed by atoms with Gasteiger partial charge in [-0.3, -0.25) is 0 Å². The van der Waals surface area contributed by atoms with Crippen molar-refractivity contribution in [1.82, 2.24) is 3.11 Å². The normalized spacial score (nSPS) is 41.7. The lowest BCUT2D eigenvalue weighted by molar-refractivity contribution is 0.0188. The maximum absolute atomic E-state index is 5.73. The molecule has 2 saturated heterocycles. The van der Waals surface area contributed by atoms with Crippen molar-refractivity contribution < 1.29 is 4.74 Å². The molecule has 1 unspecified atom stereocenters. The summed E-state index contributed by atoms with van der Waals surface area (Å²) in [5.74, 6) is 0. The Morgan fingerprint density at radius 2 is 2.30 bits per heavy atom. The predicted molar refractivity (Wildman–Crippen MR) is 48.1 cm³/mol. The first-order valence-electron chi connectivity index (χ1n) is 3.85. The van der Waals surface area contributed by atoms with Gasteiger partial charge in [-0.2, -0.15) is 0 Å². The minimum absolute atomic E-state index is 0.279. The topological polar surface area (TPSA) is 12.5 Å². The molecule has 0 aliphatic carbocycles. The van der Waals surface area contributed by atoms with E-state index in [2.05, 4.69) is 26.0 Å². The first kappa shape index (κ1) is 7.31. The van der Waals surface area contributed by atoms with Crippen LogP contribution in [0.4, 0.5) is 0 Å². The van der Waals surface area contributed by atoms with Crippen LogP contribution in [0.2, 0.25) is 0 Å². The van der Waals surface area contributed by atoms with Crippen LogP contribution in [0, 0.1) is 0 Å². The molecule has 0 bridgehead atoms. The monoisotopic (exact) mass is 253 g/mol. The summed E-state index contributed by atoms with van der Waals surface area (Å²) in [6.07, 6.45) is 3.80. The largest absolute Gasteiger partial charge is 0.374 e. The molecule has 3 heteroatoms. The molecule has 2 nitrogen and oxygen atoms in total. The minimum Gasteiger partial charge on any atom is -0.374 e. The Morgan fingerprint density at radius 3 is 2.80 bits per heavy atom. The third-order valence-electron chi connectivity index (χ3n) is 2.45. The SMILES string of the molecule is IN1CCC2(CCCO2)C1. The van der Waals surface area contributed by atoms with E-state index in [0.29, 0.717) is 0 Å². The van der Waals surface area contributed by atoms with Gasteiger partial charge < -0.3 is 4.74 Å². The van der Waals surface area contributed by atoms with Crippen molar-refractivity contribution in [1.29, 1.82) is 0 Å². The molecule has 2 fully saturated rings. The first-order chi connectivity index (χ1) is 4.81.